The smallest absolute Gasteiger partial charge is 0.0628 e. The molecule has 0 aromatic heterocycles. The van der Waals surface area contributed by atoms with Gasteiger partial charge in [-0.1, -0.05) is 13.2 Å². The molecule has 0 spiro atoms. The molecule has 1 fully saturated rings. The second kappa shape index (κ2) is 3.20. The SMILES string of the molecule is C=CN=C1CCCNC1=C. The van der Waals surface area contributed by atoms with E-state index < -0.39 is 0 Å². The van der Waals surface area contributed by atoms with Crippen LogP contribution in [0.2, 0.25) is 0 Å². The first-order valence-corrected chi connectivity index (χ1v) is 3.45. The van der Waals surface area contributed by atoms with Gasteiger partial charge in [0.15, 0.2) is 0 Å². The third-order valence-corrected chi connectivity index (χ3v) is 1.52. The number of aliphatic imine (C=N–C) groups is 1. The molecule has 1 rings (SSSR count). The van der Waals surface area contributed by atoms with Gasteiger partial charge in [0, 0.05) is 18.4 Å². The van der Waals surface area contributed by atoms with Crippen molar-refractivity contribution in [2.24, 2.45) is 4.99 Å². The molecule has 0 aromatic carbocycles. The lowest BCUT2D eigenvalue weighted by Gasteiger charge is -2.16. The van der Waals surface area contributed by atoms with E-state index in [1.54, 1.807) is 6.20 Å². The largest absolute Gasteiger partial charge is 0.384 e. The topological polar surface area (TPSA) is 24.4 Å². The van der Waals surface area contributed by atoms with Crippen molar-refractivity contribution in [1.29, 1.82) is 0 Å². The Kier molecular flexibility index (Phi) is 2.26. The van der Waals surface area contributed by atoms with Crippen LogP contribution < -0.4 is 5.32 Å². The van der Waals surface area contributed by atoms with Crippen molar-refractivity contribution in [3.05, 3.63) is 25.1 Å². The normalized spacial score (nSPS) is 22.4. The lowest BCUT2D eigenvalue weighted by molar-refractivity contribution is 0.726. The van der Waals surface area contributed by atoms with Gasteiger partial charge in [-0.25, -0.2) is 0 Å². The van der Waals surface area contributed by atoms with Gasteiger partial charge in [0.05, 0.1) is 5.71 Å². The van der Waals surface area contributed by atoms with Gasteiger partial charge in [-0.05, 0) is 12.8 Å². The fourth-order valence-corrected chi connectivity index (χ4v) is 1.00. The second-order valence-electron chi connectivity index (χ2n) is 2.27. The van der Waals surface area contributed by atoms with Gasteiger partial charge >= 0.3 is 0 Å². The molecule has 0 aromatic rings. The lowest BCUT2D eigenvalue weighted by atomic mass is 10.1. The minimum atomic E-state index is 0.950. The van der Waals surface area contributed by atoms with Crippen molar-refractivity contribution in [3.8, 4) is 0 Å². The highest BCUT2D eigenvalue weighted by atomic mass is 14.9. The molecule has 0 amide bonds. The van der Waals surface area contributed by atoms with E-state index >= 15 is 0 Å². The number of hydrogen-bond acceptors (Lipinski definition) is 2. The number of nitrogens with one attached hydrogen (secondary N) is 1. The molecule has 0 saturated carbocycles. The minimum Gasteiger partial charge on any atom is -0.384 e. The fraction of sp³-hybridized carbons (Fsp3) is 0.375. The first kappa shape index (κ1) is 7.06. The first-order valence-electron chi connectivity index (χ1n) is 3.45. The molecular weight excluding hydrogens is 124 g/mol. The van der Waals surface area contributed by atoms with Crippen LogP contribution in [0.15, 0.2) is 30.0 Å². The number of allylic oxidation sites excluding steroid dienone is 1. The summed E-state index contributed by atoms with van der Waals surface area (Å²) in [6.45, 7) is 8.38. The predicted molar refractivity (Wildman–Crippen MR) is 44.0 cm³/mol. The van der Waals surface area contributed by atoms with E-state index in [0.29, 0.717) is 0 Å². The molecule has 0 radical (unpaired) electrons. The van der Waals surface area contributed by atoms with Crippen LogP contribution in [0.4, 0.5) is 0 Å². The van der Waals surface area contributed by atoms with E-state index in [1.165, 1.54) is 0 Å². The van der Waals surface area contributed by atoms with Crippen LogP contribution in [0.3, 0.4) is 0 Å². The van der Waals surface area contributed by atoms with Gasteiger partial charge in [0.1, 0.15) is 0 Å². The number of rotatable bonds is 1. The number of nitrogens with zero attached hydrogens (tertiary/aromatic N) is 1. The van der Waals surface area contributed by atoms with Crippen LogP contribution in [0.25, 0.3) is 0 Å². The molecule has 1 aliphatic heterocycles. The Hall–Kier alpha value is -1.05. The highest BCUT2D eigenvalue weighted by molar-refractivity contribution is 6.00. The summed E-state index contributed by atoms with van der Waals surface area (Å²) in [5, 5.41) is 3.14. The van der Waals surface area contributed by atoms with Crippen molar-refractivity contribution >= 4 is 5.71 Å². The maximum atomic E-state index is 4.08. The second-order valence-corrected chi connectivity index (χ2v) is 2.27. The summed E-state index contributed by atoms with van der Waals surface area (Å²) in [5.74, 6) is 0. The zero-order valence-corrected chi connectivity index (χ0v) is 6.06. The van der Waals surface area contributed by atoms with E-state index in [9.17, 15) is 0 Å². The lowest BCUT2D eigenvalue weighted by Crippen LogP contribution is -2.26. The molecule has 10 heavy (non-hydrogen) atoms. The minimum absolute atomic E-state index is 0.950. The summed E-state index contributed by atoms with van der Waals surface area (Å²) in [5.41, 5.74) is 1.99. The van der Waals surface area contributed by atoms with Gasteiger partial charge in [-0.2, -0.15) is 0 Å². The Balaban J connectivity index is 2.64. The van der Waals surface area contributed by atoms with E-state index in [2.05, 4.69) is 23.5 Å². The number of hydrogen-bond donors (Lipinski definition) is 1. The molecule has 54 valence electrons. The molecule has 1 N–H and O–H groups in total. The summed E-state index contributed by atoms with van der Waals surface area (Å²) >= 11 is 0. The standard InChI is InChI=1S/C8H12N2/c1-3-9-8-5-4-6-10-7(8)2/h3,10H,1-2,4-6H2. The van der Waals surface area contributed by atoms with Crippen LogP contribution in [-0.4, -0.2) is 12.3 Å². The highest BCUT2D eigenvalue weighted by Gasteiger charge is 2.08. The Bertz CT molecular complexity index is 180. The molecule has 1 heterocycles. The Morgan fingerprint density at radius 3 is 3.00 bits per heavy atom. The third kappa shape index (κ3) is 1.47. The summed E-state index contributed by atoms with van der Waals surface area (Å²) in [7, 11) is 0. The van der Waals surface area contributed by atoms with Crippen LogP contribution in [0.5, 0.6) is 0 Å². The average molecular weight is 136 g/mol. The zero-order chi connectivity index (χ0) is 7.40. The average Bonchev–Trinajstić information content (AvgIpc) is 1.94. The fourth-order valence-electron chi connectivity index (χ4n) is 1.00. The van der Waals surface area contributed by atoms with Gasteiger partial charge in [0.2, 0.25) is 0 Å². The van der Waals surface area contributed by atoms with E-state index in [0.717, 1.165) is 30.8 Å². The number of piperidine rings is 1. The van der Waals surface area contributed by atoms with E-state index in [4.69, 9.17) is 0 Å². The summed E-state index contributed by atoms with van der Waals surface area (Å²) in [4.78, 5) is 4.08. The van der Waals surface area contributed by atoms with Crippen molar-refractivity contribution in [2.45, 2.75) is 12.8 Å². The molecule has 0 atom stereocenters. The molecule has 2 nitrogen and oxygen atoms in total. The van der Waals surface area contributed by atoms with Crippen LogP contribution in [0.1, 0.15) is 12.8 Å². The van der Waals surface area contributed by atoms with Crippen LogP contribution in [-0.2, 0) is 0 Å². The molecule has 0 aliphatic carbocycles. The van der Waals surface area contributed by atoms with Gasteiger partial charge < -0.3 is 5.32 Å². The Morgan fingerprint density at radius 1 is 1.60 bits per heavy atom. The van der Waals surface area contributed by atoms with Crippen molar-refractivity contribution in [1.82, 2.24) is 5.32 Å². The predicted octanol–water partition coefficient (Wildman–Crippen LogP) is 1.47. The van der Waals surface area contributed by atoms with Crippen LogP contribution in [0, 0.1) is 0 Å². The van der Waals surface area contributed by atoms with Gasteiger partial charge in [0.25, 0.3) is 0 Å². The molecule has 0 unspecified atom stereocenters. The zero-order valence-electron chi connectivity index (χ0n) is 6.06. The Morgan fingerprint density at radius 2 is 2.40 bits per heavy atom. The Labute approximate surface area is 61.4 Å². The van der Waals surface area contributed by atoms with Crippen molar-refractivity contribution < 1.29 is 0 Å². The van der Waals surface area contributed by atoms with E-state index in [1.807, 2.05) is 0 Å². The highest BCUT2D eigenvalue weighted by Crippen LogP contribution is 2.06. The van der Waals surface area contributed by atoms with Gasteiger partial charge in [-0.15, -0.1) is 0 Å². The molecular formula is C8H12N2. The van der Waals surface area contributed by atoms with Crippen LogP contribution >= 0.6 is 0 Å². The molecule has 1 saturated heterocycles. The molecule has 2 heteroatoms. The summed E-state index contributed by atoms with van der Waals surface area (Å²) in [6, 6.07) is 0. The van der Waals surface area contributed by atoms with E-state index in [-0.39, 0.29) is 0 Å². The molecule has 1 aliphatic rings. The monoisotopic (exact) mass is 136 g/mol. The summed E-state index contributed by atoms with van der Waals surface area (Å²) < 4.78 is 0. The maximum Gasteiger partial charge on any atom is 0.0628 e. The van der Waals surface area contributed by atoms with Crippen molar-refractivity contribution in [3.63, 3.8) is 0 Å². The first-order chi connectivity index (χ1) is 4.84. The quantitative estimate of drug-likeness (QED) is 0.580. The van der Waals surface area contributed by atoms with Crippen molar-refractivity contribution in [2.75, 3.05) is 6.54 Å². The maximum absolute atomic E-state index is 4.08. The molecule has 0 bridgehead atoms. The third-order valence-electron chi connectivity index (χ3n) is 1.52. The summed E-state index contributed by atoms with van der Waals surface area (Å²) in [6.07, 6.45) is 3.73. The van der Waals surface area contributed by atoms with Gasteiger partial charge in [-0.3, -0.25) is 4.99 Å².